The van der Waals surface area contributed by atoms with E-state index in [2.05, 4.69) is 0 Å². The van der Waals surface area contributed by atoms with Crippen molar-refractivity contribution in [1.29, 1.82) is 0 Å². The molecule has 1 aliphatic rings. The van der Waals surface area contributed by atoms with E-state index in [1.807, 2.05) is 31.4 Å². The zero-order chi connectivity index (χ0) is 19.6. The molecule has 0 heterocycles. The maximum atomic E-state index is 12.6. The Hall–Kier alpha value is -2.18. The molecule has 1 atom stereocenters. The minimum absolute atomic E-state index is 0.0143. The Bertz CT molecular complexity index is 914. The summed E-state index contributed by atoms with van der Waals surface area (Å²) in [6, 6.07) is 7.27. The molecule has 0 radical (unpaired) electrons. The van der Waals surface area contributed by atoms with Gasteiger partial charge in [0.05, 0.1) is 25.7 Å². The SMILES string of the molecule is CCOc1cc2c(c(OC)c1OC)-c1ccc(SC)c(=O)cc1[C@@H](N)CC2. The third kappa shape index (κ3) is 3.51. The van der Waals surface area contributed by atoms with E-state index >= 15 is 0 Å². The molecule has 0 unspecified atom stereocenters. The van der Waals surface area contributed by atoms with Gasteiger partial charge in [0, 0.05) is 11.6 Å². The second kappa shape index (κ2) is 8.23. The van der Waals surface area contributed by atoms with Crippen LogP contribution >= 0.6 is 11.8 Å². The molecule has 0 saturated carbocycles. The maximum absolute atomic E-state index is 12.6. The summed E-state index contributed by atoms with van der Waals surface area (Å²) in [4.78, 5) is 13.2. The number of fused-ring (bicyclic) bond motifs is 3. The maximum Gasteiger partial charge on any atom is 0.203 e. The third-order valence-corrected chi connectivity index (χ3v) is 5.62. The Labute approximate surface area is 163 Å². The summed E-state index contributed by atoms with van der Waals surface area (Å²) in [5.74, 6) is 1.82. The first-order chi connectivity index (χ1) is 13.0. The largest absolute Gasteiger partial charge is 0.492 e. The van der Waals surface area contributed by atoms with Gasteiger partial charge >= 0.3 is 0 Å². The summed E-state index contributed by atoms with van der Waals surface area (Å²) in [6.07, 6.45) is 3.39. The molecular weight excluding hydrogens is 362 g/mol. The number of nitrogens with two attached hydrogens (primary N) is 1. The summed E-state index contributed by atoms with van der Waals surface area (Å²) in [7, 11) is 3.22. The van der Waals surface area contributed by atoms with Gasteiger partial charge in [-0.1, -0.05) is 6.07 Å². The monoisotopic (exact) mass is 387 g/mol. The summed E-state index contributed by atoms with van der Waals surface area (Å²) in [6.45, 7) is 2.46. The van der Waals surface area contributed by atoms with E-state index in [1.54, 1.807) is 20.3 Å². The fourth-order valence-corrected chi connectivity index (χ4v) is 4.07. The summed E-state index contributed by atoms with van der Waals surface area (Å²) < 4.78 is 17.1. The second-order valence-corrected chi connectivity index (χ2v) is 7.18. The summed E-state index contributed by atoms with van der Waals surface area (Å²) >= 11 is 1.43. The first kappa shape index (κ1) is 19.6. The molecule has 3 rings (SSSR count). The highest BCUT2D eigenvalue weighted by Gasteiger charge is 2.27. The Kier molecular flexibility index (Phi) is 5.97. The molecule has 0 fully saturated rings. The molecular formula is C21H25NO4S. The van der Waals surface area contributed by atoms with Crippen LogP contribution in [0.3, 0.4) is 0 Å². The van der Waals surface area contributed by atoms with Crippen molar-refractivity contribution in [3.8, 4) is 28.4 Å². The lowest BCUT2D eigenvalue weighted by atomic mass is 9.95. The molecule has 0 saturated heterocycles. The predicted octanol–water partition coefficient (Wildman–Crippen LogP) is 3.80. The topological polar surface area (TPSA) is 70.8 Å². The fraction of sp³-hybridized carbons (Fsp3) is 0.381. The molecule has 27 heavy (non-hydrogen) atoms. The Morgan fingerprint density at radius 1 is 1.19 bits per heavy atom. The van der Waals surface area contributed by atoms with E-state index in [1.165, 1.54) is 11.8 Å². The van der Waals surface area contributed by atoms with E-state index in [0.29, 0.717) is 28.8 Å². The molecule has 0 spiro atoms. The van der Waals surface area contributed by atoms with Crippen molar-refractivity contribution in [2.24, 2.45) is 5.73 Å². The molecule has 144 valence electrons. The zero-order valence-electron chi connectivity index (χ0n) is 16.1. The highest BCUT2D eigenvalue weighted by atomic mass is 32.2. The quantitative estimate of drug-likeness (QED) is 0.787. The molecule has 2 aromatic rings. The van der Waals surface area contributed by atoms with Gasteiger partial charge in [0.1, 0.15) is 0 Å². The van der Waals surface area contributed by atoms with Crippen molar-refractivity contribution in [2.45, 2.75) is 30.7 Å². The van der Waals surface area contributed by atoms with Gasteiger partial charge in [-0.15, -0.1) is 11.8 Å². The molecule has 2 aromatic carbocycles. The van der Waals surface area contributed by atoms with Crippen LogP contribution in [0.2, 0.25) is 0 Å². The number of thioether (sulfide) groups is 1. The average molecular weight is 388 g/mol. The van der Waals surface area contributed by atoms with Crippen molar-refractivity contribution in [1.82, 2.24) is 0 Å². The molecule has 0 amide bonds. The van der Waals surface area contributed by atoms with Crippen molar-refractivity contribution in [3.05, 3.63) is 45.6 Å². The molecule has 2 N–H and O–H groups in total. The molecule has 5 nitrogen and oxygen atoms in total. The van der Waals surface area contributed by atoms with Crippen LogP contribution in [0.25, 0.3) is 11.1 Å². The highest BCUT2D eigenvalue weighted by Crippen LogP contribution is 2.50. The Balaban J connectivity index is 2.40. The number of methoxy groups -OCH3 is 2. The molecule has 0 aliphatic heterocycles. The van der Waals surface area contributed by atoms with Gasteiger partial charge in [0.25, 0.3) is 0 Å². The lowest BCUT2D eigenvalue weighted by Gasteiger charge is -2.19. The van der Waals surface area contributed by atoms with E-state index in [-0.39, 0.29) is 11.5 Å². The summed E-state index contributed by atoms with van der Waals surface area (Å²) in [5, 5.41) is 0. The zero-order valence-corrected chi connectivity index (χ0v) is 16.9. The first-order valence-electron chi connectivity index (χ1n) is 8.94. The number of ether oxygens (including phenoxy) is 3. The lowest BCUT2D eigenvalue weighted by Crippen LogP contribution is -2.12. The first-order valence-corrected chi connectivity index (χ1v) is 10.2. The van der Waals surface area contributed by atoms with Crippen molar-refractivity contribution in [2.75, 3.05) is 27.1 Å². The predicted molar refractivity (Wildman–Crippen MR) is 109 cm³/mol. The summed E-state index contributed by atoms with van der Waals surface area (Å²) in [5.41, 5.74) is 10.2. The van der Waals surface area contributed by atoms with Crippen LogP contribution in [0.4, 0.5) is 0 Å². The molecule has 1 aliphatic carbocycles. The van der Waals surface area contributed by atoms with Gasteiger partial charge in [0.2, 0.25) is 5.75 Å². The van der Waals surface area contributed by atoms with Crippen LogP contribution in [0.5, 0.6) is 17.2 Å². The van der Waals surface area contributed by atoms with Gasteiger partial charge < -0.3 is 19.9 Å². The van der Waals surface area contributed by atoms with E-state index in [9.17, 15) is 4.79 Å². The van der Waals surface area contributed by atoms with Crippen LogP contribution in [-0.2, 0) is 6.42 Å². The highest BCUT2D eigenvalue weighted by molar-refractivity contribution is 7.98. The number of benzene rings is 1. The van der Waals surface area contributed by atoms with E-state index in [0.717, 1.165) is 35.1 Å². The van der Waals surface area contributed by atoms with E-state index < -0.39 is 0 Å². The average Bonchev–Trinajstić information content (AvgIpc) is 2.90. The number of hydrogen-bond donors (Lipinski definition) is 1. The minimum Gasteiger partial charge on any atom is -0.492 e. The Morgan fingerprint density at radius 3 is 2.56 bits per heavy atom. The van der Waals surface area contributed by atoms with Crippen molar-refractivity contribution >= 4 is 11.8 Å². The fourth-order valence-electron chi connectivity index (χ4n) is 3.61. The van der Waals surface area contributed by atoms with Gasteiger partial charge in [0.15, 0.2) is 16.9 Å². The van der Waals surface area contributed by atoms with E-state index in [4.69, 9.17) is 19.9 Å². The third-order valence-electron chi connectivity index (χ3n) is 4.85. The van der Waals surface area contributed by atoms with Gasteiger partial charge in [-0.25, -0.2) is 0 Å². The number of rotatable bonds is 5. The standard InChI is InChI=1S/C21H25NO4S/c1-5-26-17-10-12-6-8-15(22)14-11-16(23)18(27-4)9-7-13(14)19(12)21(25-3)20(17)24-2/h7,9-11,15H,5-6,8,22H2,1-4H3/t15-/m0/s1. The van der Waals surface area contributed by atoms with Crippen LogP contribution in [0.1, 0.15) is 30.5 Å². The van der Waals surface area contributed by atoms with Crippen molar-refractivity contribution < 1.29 is 14.2 Å². The van der Waals surface area contributed by atoms with Gasteiger partial charge in [-0.05, 0) is 60.9 Å². The normalized spacial score (nSPS) is 15.4. The van der Waals surface area contributed by atoms with Crippen LogP contribution in [-0.4, -0.2) is 27.1 Å². The van der Waals surface area contributed by atoms with Crippen LogP contribution in [0.15, 0.2) is 34.0 Å². The lowest BCUT2D eigenvalue weighted by molar-refractivity contribution is 0.296. The second-order valence-electron chi connectivity index (χ2n) is 6.33. The smallest absolute Gasteiger partial charge is 0.203 e. The van der Waals surface area contributed by atoms with Crippen molar-refractivity contribution in [3.63, 3.8) is 0 Å². The molecule has 0 bridgehead atoms. The van der Waals surface area contributed by atoms with Gasteiger partial charge in [-0.3, -0.25) is 4.79 Å². The van der Waals surface area contributed by atoms with Crippen LogP contribution < -0.4 is 25.4 Å². The minimum atomic E-state index is -0.228. The number of hydrogen-bond acceptors (Lipinski definition) is 6. The Morgan fingerprint density at radius 2 is 1.93 bits per heavy atom. The molecule has 6 heteroatoms. The molecule has 0 aromatic heterocycles. The number of aryl methyl sites for hydroxylation is 1. The van der Waals surface area contributed by atoms with Crippen LogP contribution in [0, 0.1) is 0 Å². The van der Waals surface area contributed by atoms with Gasteiger partial charge in [-0.2, -0.15) is 0 Å².